The van der Waals surface area contributed by atoms with Gasteiger partial charge in [0.1, 0.15) is 0 Å². The molecule has 0 heterocycles. The van der Waals surface area contributed by atoms with E-state index in [2.05, 4.69) is 12.0 Å². The first kappa shape index (κ1) is 7.92. The lowest BCUT2D eigenvalue weighted by atomic mass is 10.1. The number of hydrogen-bond donors (Lipinski definition) is 1. The Morgan fingerprint density at radius 2 is 1.91 bits per heavy atom. The van der Waals surface area contributed by atoms with Gasteiger partial charge in [-0.25, -0.2) is 5.53 Å². The summed E-state index contributed by atoms with van der Waals surface area (Å²) >= 11 is 0. The number of aryl methyl sites for hydroxylation is 1. The fraction of sp³-hybridized carbons (Fsp3) is 0.333. The van der Waals surface area contributed by atoms with E-state index in [1.54, 1.807) is 0 Å². The van der Waals surface area contributed by atoms with Crippen molar-refractivity contribution in [2.45, 2.75) is 19.8 Å². The van der Waals surface area contributed by atoms with Crippen LogP contribution in [-0.4, -0.2) is 0 Å². The van der Waals surface area contributed by atoms with Crippen LogP contribution < -0.4 is 0 Å². The van der Waals surface area contributed by atoms with Gasteiger partial charge in [-0.05, 0) is 24.1 Å². The van der Waals surface area contributed by atoms with Crippen molar-refractivity contribution in [1.29, 1.82) is 5.53 Å². The van der Waals surface area contributed by atoms with Crippen molar-refractivity contribution >= 4 is 5.69 Å². The summed E-state index contributed by atoms with van der Waals surface area (Å²) in [5.74, 6) is 0. The van der Waals surface area contributed by atoms with Gasteiger partial charge in [0.05, 0.1) is 5.69 Å². The summed E-state index contributed by atoms with van der Waals surface area (Å²) in [7, 11) is 0. The lowest BCUT2D eigenvalue weighted by Crippen LogP contribution is -1.79. The van der Waals surface area contributed by atoms with E-state index in [0.29, 0.717) is 0 Å². The highest BCUT2D eigenvalue weighted by atomic mass is 14.9. The third-order valence-corrected chi connectivity index (χ3v) is 1.60. The van der Waals surface area contributed by atoms with Crippen molar-refractivity contribution in [2.75, 3.05) is 0 Å². The third-order valence-electron chi connectivity index (χ3n) is 1.60. The Labute approximate surface area is 66.8 Å². The molecule has 1 rings (SSSR count). The minimum absolute atomic E-state index is 0.727. The van der Waals surface area contributed by atoms with Crippen LogP contribution in [0, 0.1) is 5.53 Å². The van der Waals surface area contributed by atoms with E-state index in [-0.39, 0.29) is 0 Å². The zero-order chi connectivity index (χ0) is 8.10. The minimum atomic E-state index is 0.727. The van der Waals surface area contributed by atoms with Gasteiger partial charge in [0.15, 0.2) is 0 Å². The van der Waals surface area contributed by atoms with Crippen LogP contribution in [0.1, 0.15) is 18.9 Å². The zero-order valence-electron chi connectivity index (χ0n) is 6.67. The molecule has 0 saturated carbocycles. The Kier molecular flexibility index (Phi) is 2.78. The standard InChI is InChI=1S/C9H12N2/c1-2-3-8-4-6-9(11-10)7-5-8/h4-7,10H,2-3H2,1H3. The second kappa shape index (κ2) is 3.86. The molecule has 1 aromatic carbocycles. The quantitative estimate of drug-likeness (QED) is 0.638. The summed E-state index contributed by atoms with van der Waals surface area (Å²) in [6, 6.07) is 7.80. The molecule has 0 bridgehead atoms. The van der Waals surface area contributed by atoms with Crippen LogP contribution in [0.2, 0.25) is 0 Å². The number of benzene rings is 1. The van der Waals surface area contributed by atoms with Gasteiger partial charge in [-0.3, -0.25) is 0 Å². The molecule has 0 amide bonds. The molecule has 0 unspecified atom stereocenters. The summed E-state index contributed by atoms with van der Waals surface area (Å²) in [4.78, 5) is 0. The molecule has 0 aliphatic carbocycles. The molecule has 0 saturated heterocycles. The zero-order valence-corrected chi connectivity index (χ0v) is 6.67. The SMILES string of the molecule is CCCc1ccc(N=N)cc1. The van der Waals surface area contributed by atoms with Crippen LogP contribution in [0.3, 0.4) is 0 Å². The first-order chi connectivity index (χ1) is 5.36. The molecule has 1 N–H and O–H groups in total. The van der Waals surface area contributed by atoms with Gasteiger partial charge < -0.3 is 0 Å². The fourth-order valence-corrected chi connectivity index (χ4v) is 1.03. The van der Waals surface area contributed by atoms with Crippen LogP contribution in [-0.2, 0) is 6.42 Å². The van der Waals surface area contributed by atoms with Crippen LogP contribution in [0.4, 0.5) is 5.69 Å². The maximum atomic E-state index is 6.74. The molecule has 0 atom stereocenters. The summed E-state index contributed by atoms with van der Waals surface area (Å²) in [6.45, 7) is 2.16. The topological polar surface area (TPSA) is 36.2 Å². The maximum absolute atomic E-state index is 6.74. The number of rotatable bonds is 3. The Hall–Kier alpha value is -1.18. The summed E-state index contributed by atoms with van der Waals surface area (Å²) in [5, 5.41) is 3.32. The molecule has 2 nitrogen and oxygen atoms in total. The second-order valence-corrected chi connectivity index (χ2v) is 2.53. The number of hydrogen-bond acceptors (Lipinski definition) is 2. The van der Waals surface area contributed by atoms with E-state index in [9.17, 15) is 0 Å². The van der Waals surface area contributed by atoms with Gasteiger partial charge in [-0.15, -0.1) is 0 Å². The number of nitrogens with zero attached hydrogens (tertiary/aromatic N) is 1. The van der Waals surface area contributed by atoms with E-state index in [1.807, 2.05) is 24.3 Å². The molecule has 0 aromatic heterocycles. The van der Waals surface area contributed by atoms with Crippen LogP contribution in [0.25, 0.3) is 0 Å². The van der Waals surface area contributed by atoms with Gasteiger partial charge in [-0.1, -0.05) is 25.5 Å². The smallest absolute Gasteiger partial charge is 0.0850 e. The lowest BCUT2D eigenvalue weighted by Gasteiger charge is -1.96. The van der Waals surface area contributed by atoms with Gasteiger partial charge in [-0.2, -0.15) is 5.11 Å². The number of nitrogens with one attached hydrogen (secondary N) is 1. The summed E-state index contributed by atoms with van der Waals surface area (Å²) in [5.41, 5.74) is 8.79. The highest BCUT2D eigenvalue weighted by molar-refractivity contribution is 5.37. The average molecular weight is 148 g/mol. The molecule has 58 valence electrons. The van der Waals surface area contributed by atoms with E-state index in [0.717, 1.165) is 18.5 Å². The normalized spacial score (nSPS) is 9.55. The highest BCUT2D eigenvalue weighted by Gasteiger charge is 1.90. The van der Waals surface area contributed by atoms with Crippen LogP contribution in [0.15, 0.2) is 29.4 Å². The first-order valence-corrected chi connectivity index (χ1v) is 3.83. The molecular formula is C9H12N2. The molecule has 2 heteroatoms. The largest absolute Gasteiger partial charge is 0.204 e. The van der Waals surface area contributed by atoms with Crippen molar-refractivity contribution in [3.8, 4) is 0 Å². The van der Waals surface area contributed by atoms with Gasteiger partial charge >= 0.3 is 0 Å². The van der Waals surface area contributed by atoms with Crippen LogP contribution >= 0.6 is 0 Å². The molecular weight excluding hydrogens is 136 g/mol. The lowest BCUT2D eigenvalue weighted by molar-refractivity contribution is 0.921. The van der Waals surface area contributed by atoms with Crippen molar-refractivity contribution in [2.24, 2.45) is 5.11 Å². The molecule has 0 spiro atoms. The molecule has 11 heavy (non-hydrogen) atoms. The molecule has 0 aliphatic rings. The Balaban J connectivity index is 2.74. The predicted molar refractivity (Wildman–Crippen MR) is 45.2 cm³/mol. The van der Waals surface area contributed by atoms with Gasteiger partial charge in [0.2, 0.25) is 0 Å². The van der Waals surface area contributed by atoms with Crippen molar-refractivity contribution in [1.82, 2.24) is 0 Å². The van der Waals surface area contributed by atoms with Gasteiger partial charge in [0.25, 0.3) is 0 Å². The highest BCUT2D eigenvalue weighted by Crippen LogP contribution is 2.12. The van der Waals surface area contributed by atoms with Crippen molar-refractivity contribution in [3.63, 3.8) is 0 Å². The molecule has 0 aliphatic heterocycles. The van der Waals surface area contributed by atoms with E-state index >= 15 is 0 Å². The Bertz CT molecular complexity index is 226. The monoisotopic (exact) mass is 148 g/mol. The van der Waals surface area contributed by atoms with E-state index < -0.39 is 0 Å². The Morgan fingerprint density at radius 3 is 2.36 bits per heavy atom. The minimum Gasteiger partial charge on any atom is -0.204 e. The molecule has 1 aromatic rings. The first-order valence-electron chi connectivity index (χ1n) is 3.83. The van der Waals surface area contributed by atoms with Crippen molar-refractivity contribution in [3.05, 3.63) is 29.8 Å². The Morgan fingerprint density at radius 1 is 1.27 bits per heavy atom. The van der Waals surface area contributed by atoms with Gasteiger partial charge in [0, 0.05) is 0 Å². The van der Waals surface area contributed by atoms with Crippen molar-refractivity contribution < 1.29 is 0 Å². The maximum Gasteiger partial charge on any atom is 0.0850 e. The van der Waals surface area contributed by atoms with E-state index in [4.69, 9.17) is 5.53 Å². The van der Waals surface area contributed by atoms with E-state index in [1.165, 1.54) is 5.56 Å². The second-order valence-electron chi connectivity index (χ2n) is 2.53. The van der Waals surface area contributed by atoms with Crippen LogP contribution in [0.5, 0.6) is 0 Å². The summed E-state index contributed by atoms with van der Waals surface area (Å²) in [6.07, 6.45) is 2.27. The predicted octanol–water partition coefficient (Wildman–Crippen LogP) is 3.30. The molecule has 0 radical (unpaired) electrons. The summed E-state index contributed by atoms with van der Waals surface area (Å²) < 4.78 is 0. The fourth-order valence-electron chi connectivity index (χ4n) is 1.03. The third kappa shape index (κ3) is 2.15. The average Bonchev–Trinajstić information content (AvgIpc) is 2.07. The molecule has 0 fully saturated rings.